The predicted octanol–water partition coefficient (Wildman–Crippen LogP) is 1.39. The van der Waals surface area contributed by atoms with Crippen LogP contribution >= 0.6 is 11.8 Å². The van der Waals surface area contributed by atoms with Crippen molar-refractivity contribution in [3.05, 3.63) is 23.4 Å². The Labute approximate surface area is 117 Å². The molecule has 0 saturated carbocycles. The fourth-order valence-electron chi connectivity index (χ4n) is 1.78. The molecule has 1 aromatic carbocycles. The van der Waals surface area contributed by atoms with Gasteiger partial charge in [-0.05, 0) is 19.1 Å². The zero-order valence-electron chi connectivity index (χ0n) is 10.5. The molecule has 0 spiro atoms. The van der Waals surface area contributed by atoms with Gasteiger partial charge in [0.05, 0.1) is 23.2 Å². The topological polar surface area (TPSA) is 100 Å². The summed E-state index contributed by atoms with van der Waals surface area (Å²) in [5.74, 6) is 0.275. The molecule has 2 N–H and O–H groups in total. The van der Waals surface area contributed by atoms with Crippen LogP contribution in [0, 0.1) is 6.92 Å². The molecule has 0 unspecified atom stereocenters. The Kier molecular flexibility index (Phi) is 3.15. The van der Waals surface area contributed by atoms with Gasteiger partial charge in [-0.3, -0.25) is 4.79 Å². The van der Waals surface area contributed by atoms with E-state index in [-0.39, 0.29) is 11.7 Å². The standard InChI is InChI=1S/C12H10N4O3S/c1-6-7-2-3-9(17)8(11(7)19-16-6)4-13-15-12-14-10(18)5-20-12/h2-4,17H,5H2,1H3,(H,14,15,18). The van der Waals surface area contributed by atoms with Crippen molar-refractivity contribution in [2.75, 3.05) is 5.75 Å². The number of thioether (sulfide) groups is 1. The first kappa shape index (κ1) is 12.7. The summed E-state index contributed by atoms with van der Waals surface area (Å²) < 4.78 is 5.18. The van der Waals surface area contributed by atoms with Gasteiger partial charge in [0, 0.05) is 5.39 Å². The SMILES string of the molecule is Cc1noc2c(C=NN=C3NC(=O)CS3)c(O)ccc12. The smallest absolute Gasteiger partial charge is 0.236 e. The molecule has 2 heterocycles. The Morgan fingerprint density at radius 2 is 2.40 bits per heavy atom. The molecule has 0 atom stereocenters. The minimum atomic E-state index is -0.0974. The van der Waals surface area contributed by atoms with Crippen LogP contribution in [0.4, 0.5) is 0 Å². The van der Waals surface area contributed by atoms with Crippen LogP contribution in [0.15, 0.2) is 26.9 Å². The minimum Gasteiger partial charge on any atom is -0.507 e. The number of carbonyl (C=O) groups excluding carboxylic acids is 1. The average molecular weight is 290 g/mol. The number of fused-ring (bicyclic) bond motifs is 1. The molecular formula is C12H10N4O3S. The molecular weight excluding hydrogens is 280 g/mol. The molecule has 2 aromatic rings. The summed E-state index contributed by atoms with van der Waals surface area (Å²) in [6.07, 6.45) is 1.38. The van der Waals surface area contributed by atoms with Crippen molar-refractivity contribution < 1.29 is 14.4 Å². The molecule has 1 amide bonds. The molecule has 1 fully saturated rings. The Balaban J connectivity index is 1.94. The number of aromatic hydroxyl groups is 1. The van der Waals surface area contributed by atoms with Crippen LogP contribution in [0.3, 0.4) is 0 Å². The third-order valence-corrected chi connectivity index (χ3v) is 3.62. The van der Waals surface area contributed by atoms with Crippen molar-refractivity contribution in [2.45, 2.75) is 6.92 Å². The second-order valence-corrected chi connectivity index (χ2v) is 5.09. The summed E-state index contributed by atoms with van der Waals surface area (Å²) in [5, 5.41) is 25.2. The van der Waals surface area contributed by atoms with E-state index in [2.05, 4.69) is 20.7 Å². The highest BCUT2D eigenvalue weighted by atomic mass is 32.2. The lowest BCUT2D eigenvalue weighted by atomic mass is 10.1. The molecule has 7 nitrogen and oxygen atoms in total. The van der Waals surface area contributed by atoms with Crippen LogP contribution in [0.2, 0.25) is 0 Å². The zero-order valence-corrected chi connectivity index (χ0v) is 11.3. The molecule has 102 valence electrons. The molecule has 1 saturated heterocycles. The molecule has 0 bridgehead atoms. The van der Waals surface area contributed by atoms with Gasteiger partial charge in [0.1, 0.15) is 5.75 Å². The summed E-state index contributed by atoms with van der Waals surface area (Å²) in [7, 11) is 0. The van der Waals surface area contributed by atoms with E-state index < -0.39 is 0 Å². The van der Waals surface area contributed by atoms with Crippen LogP contribution in [-0.4, -0.2) is 33.3 Å². The summed E-state index contributed by atoms with van der Waals surface area (Å²) in [6.45, 7) is 1.81. The quantitative estimate of drug-likeness (QED) is 0.643. The third kappa shape index (κ3) is 2.25. The largest absolute Gasteiger partial charge is 0.507 e. The highest BCUT2D eigenvalue weighted by molar-refractivity contribution is 8.15. The number of nitrogens with zero attached hydrogens (tertiary/aromatic N) is 3. The molecule has 20 heavy (non-hydrogen) atoms. The van der Waals surface area contributed by atoms with Gasteiger partial charge in [0.15, 0.2) is 10.8 Å². The highest BCUT2D eigenvalue weighted by Gasteiger charge is 2.16. The highest BCUT2D eigenvalue weighted by Crippen LogP contribution is 2.27. The lowest BCUT2D eigenvalue weighted by molar-refractivity contribution is -0.116. The van der Waals surface area contributed by atoms with Crippen molar-refractivity contribution in [3.8, 4) is 5.75 Å². The van der Waals surface area contributed by atoms with Crippen LogP contribution < -0.4 is 5.32 Å². The van der Waals surface area contributed by atoms with Crippen molar-refractivity contribution in [1.82, 2.24) is 10.5 Å². The van der Waals surface area contributed by atoms with Crippen LogP contribution in [-0.2, 0) is 4.79 Å². The predicted molar refractivity (Wildman–Crippen MR) is 76.0 cm³/mol. The summed E-state index contributed by atoms with van der Waals surface area (Å²) in [5.41, 5.74) is 1.59. The number of phenolic OH excluding ortho intramolecular Hbond substituents is 1. The van der Waals surface area contributed by atoms with Gasteiger partial charge >= 0.3 is 0 Å². The molecule has 1 aliphatic rings. The number of nitrogens with one attached hydrogen (secondary N) is 1. The van der Waals surface area contributed by atoms with E-state index in [0.29, 0.717) is 22.1 Å². The number of hydrogen-bond acceptors (Lipinski definition) is 7. The van der Waals surface area contributed by atoms with Gasteiger partial charge in [-0.2, -0.15) is 5.10 Å². The summed E-state index contributed by atoms with van der Waals surface area (Å²) in [6, 6.07) is 3.28. The molecule has 0 aliphatic carbocycles. The first-order valence-corrected chi connectivity index (χ1v) is 6.75. The van der Waals surface area contributed by atoms with E-state index in [1.165, 1.54) is 18.0 Å². The Morgan fingerprint density at radius 3 is 3.15 bits per heavy atom. The number of carbonyl (C=O) groups is 1. The number of phenols is 1. The lowest BCUT2D eigenvalue weighted by Crippen LogP contribution is -2.19. The fraction of sp³-hybridized carbons (Fsp3) is 0.167. The second-order valence-electron chi connectivity index (χ2n) is 4.13. The van der Waals surface area contributed by atoms with Crippen molar-refractivity contribution >= 4 is 40.0 Å². The molecule has 3 rings (SSSR count). The normalized spacial score (nSPS) is 17.4. The van der Waals surface area contributed by atoms with Crippen LogP contribution in [0.5, 0.6) is 5.75 Å². The van der Waals surface area contributed by atoms with E-state index >= 15 is 0 Å². The minimum absolute atomic E-state index is 0.0284. The van der Waals surface area contributed by atoms with Gasteiger partial charge in [-0.1, -0.05) is 16.9 Å². The molecule has 8 heteroatoms. The summed E-state index contributed by atoms with van der Waals surface area (Å²) in [4.78, 5) is 11.0. The lowest BCUT2D eigenvalue weighted by Gasteiger charge is -1.97. The first-order chi connectivity index (χ1) is 9.65. The second kappa shape index (κ2) is 4.97. The Bertz CT molecular complexity index is 750. The fourth-order valence-corrected chi connectivity index (χ4v) is 2.41. The molecule has 1 aliphatic heterocycles. The van der Waals surface area contributed by atoms with Gasteiger partial charge in [-0.25, -0.2) is 0 Å². The van der Waals surface area contributed by atoms with Gasteiger partial charge in [0.2, 0.25) is 5.91 Å². The number of aromatic nitrogens is 1. The van der Waals surface area contributed by atoms with E-state index in [9.17, 15) is 9.90 Å². The number of aryl methyl sites for hydroxylation is 1. The van der Waals surface area contributed by atoms with Gasteiger partial charge in [0.25, 0.3) is 0 Å². The van der Waals surface area contributed by atoms with Crippen LogP contribution in [0.25, 0.3) is 11.0 Å². The number of hydrogen-bond donors (Lipinski definition) is 2. The van der Waals surface area contributed by atoms with E-state index in [1.807, 2.05) is 6.92 Å². The van der Waals surface area contributed by atoms with Crippen molar-refractivity contribution in [2.24, 2.45) is 10.2 Å². The van der Waals surface area contributed by atoms with E-state index in [1.54, 1.807) is 12.1 Å². The first-order valence-electron chi connectivity index (χ1n) is 5.77. The molecule has 0 radical (unpaired) electrons. The van der Waals surface area contributed by atoms with E-state index in [4.69, 9.17) is 4.52 Å². The maximum Gasteiger partial charge on any atom is 0.236 e. The zero-order chi connectivity index (χ0) is 14.1. The maximum absolute atomic E-state index is 11.0. The number of rotatable bonds is 2. The monoisotopic (exact) mass is 290 g/mol. The Hall–Kier alpha value is -2.35. The molecule has 1 aromatic heterocycles. The number of benzene rings is 1. The summed E-state index contributed by atoms with van der Waals surface area (Å²) >= 11 is 1.27. The number of amides is 1. The number of amidine groups is 1. The van der Waals surface area contributed by atoms with Gasteiger partial charge < -0.3 is 14.9 Å². The average Bonchev–Trinajstić information content (AvgIpc) is 2.99. The Morgan fingerprint density at radius 1 is 1.55 bits per heavy atom. The third-order valence-electron chi connectivity index (χ3n) is 2.76. The van der Waals surface area contributed by atoms with Crippen molar-refractivity contribution in [3.63, 3.8) is 0 Å². The van der Waals surface area contributed by atoms with Gasteiger partial charge in [-0.15, -0.1) is 5.10 Å². The van der Waals surface area contributed by atoms with E-state index in [0.717, 1.165) is 11.1 Å². The maximum atomic E-state index is 11.0. The van der Waals surface area contributed by atoms with Crippen LogP contribution in [0.1, 0.15) is 11.3 Å². The van der Waals surface area contributed by atoms with Crippen molar-refractivity contribution in [1.29, 1.82) is 0 Å².